The Bertz CT molecular complexity index is 336. The Kier molecular flexibility index (Phi) is 2.67. The lowest BCUT2D eigenvalue weighted by Gasteiger charge is -2.39. The van der Waals surface area contributed by atoms with Crippen molar-refractivity contribution in [2.45, 2.75) is 44.4 Å². The van der Waals surface area contributed by atoms with Gasteiger partial charge in [-0.3, -0.25) is 14.5 Å². The first-order valence-corrected chi connectivity index (χ1v) is 6.40. The first kappa shape index (κ1) is 11.2. The lowest BCUT2D eigenvalue weighted by molar-refractivity contribution is -0.172. The van der Waals surface area contributed by atoms with Gasteiger partial charge in [-0.2, -0.15) is 0 Å². The Morgan fingerprint density at radius 2 is 1.82 bits per heavy atom. The van der Waals surface area contributed by atoms with E-state index in [2.05, 4.69) is 12.2 Å². The minimum Gasteiger partial charge on any atom is -0.355 e. The molecule has 0 aromatic carbocycles. The Morgan fingerprint density at radius 1 is 1.18 bits per heavy atom. The van der Waals surface area contributed by atoms with Crippen molar-refractivity contribution in [2.24, 2.45) is 5.92 Å². The van der Waals surface area contributed by atoms with Crippen LogP contribution in [0.1, 0.15) is 26.2 Å². The molecule has 5 nitrogen and oxygen atoms in total. The summed E-state index contributed by atoms with van der Waals surface area (Å²) in [6.07, 6.45) is 1.57. The SMILES string of the molecule is CC1CNCC(N2C(=O)C3CCC(O3)C2=O)C1. The molecule has 0 spiro atoms. The maximum absolute atomic E-state index is 12.2. The highest BCUT2D eigenvalue weighted by Crippen LogP contribution is 2.31. The van der Waals surface area contributed by atoms with Crippen LogP contribution in [-0.2, 0) is 14.3 Å². The summed E-state index contributed by atoms with van der Waals surface area (Å²) in [6.45, 7) is 3.83. The minimum atomic E-state index is -0.366. The number of rotatable bonds is 1. The van der Waals surface area contributed by atoms with Crippen molar-refractivity contribution in [3.8, 4) is 0 Å². The van der Waals surface area contributed by atoms with Gasteiger partial charge in [-0.1, -0.05) is 6.92 Å². The second-order valence-corrected chi connectivity index (χ2v) is 5.39. The molecule has 0 radical (unpaired) electrons. The molecule has 3 fully saturated rings. The second kappa shape index (κ2) is 4.07. The zero-order chi connectivity index (χ0) is 12.0. The van der Waals surface area contributed by atoms with Gasteiger partial charge >= 0.3 is 0 Å². The number of carbonyl (C=O) groups is 2. The minimum absolute atomic E-state index is 0.0192. The number of hydrogen-bond donors (Lipinski definition) is 1. The van der Waals surface area contributed by atoms with Crippen molar-refractivity contribution in [1.82, 2.24) is 10.2 Å². The van der Waals surface area contributed by atoms with E-state index in [1.807, 2.05) is 0 Å². The van der Waals surface area contributed by atoms with Gasteiger partial charge in [0.15, 0.2) is 0 Å². The molecule has 0 aromatic heterocycles. The summed E-state index contributed by atoms with van der Waals surface area (Å²) in [5, 5.41) is 3.29. The molecule has 3 rings (SSSR count). The molecular weight excluding hydrogens is 220 g/mol. The second-order valence-electron chi connectivity index (χ2n) is 5.39. The summed E-state index contributed by atoms with van der Waals surface area (Å²) in [5.41, 5.74) is 0. The van der Waals surface area contributed by atoms with Crippen LogP contribution in [0.5, 0.6) is 0 Å². The van der Waals surface area contributed by atoms with Crippen LogP contribution in [0, 0.1) is 5.92 Å². The Balaban J connectivity index is 1.81. The molecule has 2 amide bonds. The molecule has 4 atom stereocenters. The summed E-state index contributed by atoms with van der Waals surface area (Å²) in [6, 6.07) is 0.0192. The third-order valence-corrected chi connectivity index (χ3v) is 3.96. The van der Waals surface area contributed by atoms with Crippen LogP contribution >= 0.6 is 0 Å². The lowest BCUT2D eigenvalue weighted by Crippen LogP contribution is -2.60. The van der Waals surface area contributed by atoms with Gasteiger partial charge < -0.3 is 10.1 Å². The molecule has 3 aliphatic heterocycles. The van der Waals surface area contributed by atoms with E-state index in [9.17, 15) is 9.59 Å². The first-order valence-electron chi connectivity index (χ1n) is 6.40. The summed E-state index contributed by atoms with van der Waals surface area (Å²) < 4.78 is 5.41. The largest absolute Gasteiger partial charge is 0.355 e. The maximum Gasteiger partial charge on any atom is 0.258 e. The van der Waals surface area contributed by atoms with Gasteiger partial charge in [0, 0.05) is 6.54 Å². The van der Waals surface area contributed by atoms with E-state index in [-0.39, 0.29) is 30.1 Å². The Morgan fingerprint density at radius 3 is 2.41 bits per heavy atom. The summed E-state index contributed by atoms with van der Waals surface area (Å²) in [5.74, 6) is 0.268. The summed E-state index contributed by atoms with van der Waals surface area (Å²) in [7, 11) is 0. The average Bonchev–Trinajstić information content (AvgIpc) is 2.74. The highest BCUT2D eigenvalue weighted by molar-refractivity contribution is 6.02. The molecule has 5 heteroatoms. The van der Waals surface area contributed by atoms with Gasteiger partial charge in [0.1, 0.15) is 12.2 Å². The van der Waals surface area contributed by atoms with Crippen molar-refractivity contribution < 1.29 is 14.3 Å². The molecule has 0 aromatic rings. The topological polar surface area (TPSA) is 58.6 Å². The van der Waals surface area contributed by atoms with Crippen molar-refractivity contribution in [2.75, 3.05) is 13.1 Å². The van der Waals surface area contributed by atoms with Gasteiger partial charge in [-0.25, -0.2) is 0 Å². The first-order chi connectivity index (χ1) is 8.16. The standard InChI is InChI=1S/C12H18N2O3/c1-7-4-8(6-13-5-7)14-11(15)9-2-3-10(17-9)12(14)16/h7-10,13H,2-6H2,1H3. The molecule has 1 N–H and O–H groups in total. The fourth-order valence-corrected chi connectivity index (χ4v) is 3.10. The molecular formula is C12H18N2O3. The fraction of sp³-hybridized carbons (Fsp3) is 0.833. The van der Waals surface area contributed by atoms with E-state index in [0.717, 1.165) is 19.5 Å². The van der Waals surface area contributed by atoms with E-state index in [0.29, 0.717) is 18.8 Å². The number of carbonyl (C=O) groups excluding carboxylic acids is 2. The van der Waals surface area contributed by atoms with Crippen LogP contribution < -0.4 is 5.32 Å². The number of morpholine rings is 1. The predicted octanol–water partition coefficient (Wildman–Crippen LogP) is -0.0992. The van der Waals surface area contributed by atoms with Crippen LogP contribution in [-0.4, -0.2) is 48.1 Å². The smallest absolute Gasteiger partial charge is 0.258 e. The fourth-order valence-electron chi connectivity index (χ4n) is 3.10. The van der Waals surface area contributed by atoms with Crippen molar-refractivity contribution in [3.63, 3.8) is 0 Å². The molecule has 3 aliphatic rings. The van der Waals surface area contributed by atoms with Gasteiger partial charge in [-0.15, -0.1) is 0 Å². The van der Waals surface area contributed by atoms with Gasteiger partial charge in [-0.05, 0) is 31.7 Å². The van der Waals surface area contributed by atoms with Crippen molar-refractivity contribution >= 4 is 11.8 Å². The molecule has 3 saturated heterocycles. The van der Waals surface area contributed by atoms with Crippen molar-refractivity contribution in [1.29, 1.82) is 0 Å². The highest BCUT2D eigenvalue weighted by Gasteiger charge is 2.49. The maximum atomic E-state index is 12.2. The number of fused-ring (bicyclic) bond motifs is 2. The zero-order valence-corrected chi connectivity index (χ0v) is 10.0. The number of hydrogen-bond acceptors (Lipinski definition) is 4. The van der Waals surface area contributed by atoms with Crippen molar-refractivity contribution in [3.05, 3.63) is 0 Å². The third kappa shape index (κ3) is 1.77. The molecule has 17 heavy (non-hydrogen) atoms. The van der Waals surface area contributed by atoms with Crippen LogP contribution in [0.3, 0.4) is 0 Å². The van der Waals surface area contributed by atoms with Crippen LogP contribution in [0.15, 0.2) is 0 Å². The zero-order valence-electron chi connectivity index (χ0n) is 10.0. The van der Waals surface area contributed by atoms with Crippen LogP contribution in [0.4, 0.5) is 0 Å². The van der Waals surface area contributed by atoms with Crippen LogP contribution in [0.25, 0.3) is 0 Å². The molecule has 94 valence electrons. The third-order valence-electron chi connectivity index (χ3n) is 3.96. The quantitative estimate of drug-likeness (QED) is 0.648. The highest BCUT2D eigenvalue weighted by atomic mass is 16.5. The number of likely N-dealkylation sites (tertiary alicyclic amines) is 1. The number of amides is 2. The van der Waals surface area contributed by atoms with Gasteiger partial charge in [0.05, 0.1) is 6.04 Å². The number of imide groups is 1. The Hall–Kier alpha value is -0.940. The molecule has 0 aliphatic carbocycles. The number of nitrogens with one attached hydrogen (secondary N) is 1. The summed E-state index contributed by atoms with van der Waals surface area (Å²) >= 11 is 0. The monoisotopic (exact) mass is 238 g/mol. The number of piperidine rings is 1. The van der Waals surface area contributed by atoms with E-state index < -0.39 is 0 Å². The van der Waals surface area contributed by atoms with E-state index in [1.54, 1.807) is 0 Å². The number of nitrogens with zero attached hydrogens (tertiary/aromatic N) is 1. The van der Waals surface area contributed by atoms with Gasteiger partial charge in [0.2, 0.25) is 0 Å². The van der Waals surface area contributed by atoms with Crippen LogP contribution in [0.2, 0.25) is 0 Å². The van der Waals surface area contributed by atoms with Gasteiger partial charge in [0.25, 0.3) is 11.8 Å². The van der Waals surface area contributed by atoms with E-state index in [4.69, 9.17) is 4.74 Å². The average molecular weight is 238 g/mol. The van der Waals surface area contributed by atoms with E-state index >= 15 is 0 Å². The number of ether oxygens (including phenoxy) is 1. The normalized spacial score (nSPS) is 42.1. The molecule has 2 bridgehead atoms. The molecule has 0 saturated carbocycles. The Labute approximate surface area is 100 Å². The van der Waals surface area contributed by atoms with E-state index in [1.165, 1.54) is 4.90 Å². The predicted molar refractivity (Wildman–Crippen MR) is 60.2 cm³/mol. The molecule has 4 unspecified atom stereocenters. The molecule has 3 heterocycles. The summed E-state index contributed by atoms with van der Waals surface area (Å²) in [4.78, 5) is 25.8. The lowest BCUT2D eigenvalue weighted by atomic mass is 9.95.